The van der Waals surface area contributed by atoms with Crippen molar-refractivity contribution in [1.29, 1.82) is 0 Å². The van der Waals surface area contributed by atoms with Crippen molar-refractivity contribution >= 4 is 11.9 Å². The average Bonchev–Trinajstić information content (AvgIpc) is 2.84. The molecular formula is C14H18N2O3. The van der Waals surface area contributed by atoms with Crippen molar-refractivity contribution in [3.05, 3.63) is 35.4 Å². The molecule has 0 aromatic heterocycles. The Labute approximate surface area is 112 Å². The second kappa shape index (κ2) is 5.40. The predicted molar refractivity (Wildman–Crippen MR) is 71.4 cm³/mol. The molecule has 0 saturated carbocycles. The summed E-state index contributed by atoms with van der Waals surface area (Å²) in [5, 5.41) is 8.94. The summed E-state index contributed by atoms with van der Waals surface area (Å²) in [4.78, 5) is 27.1. The molecule has 1 aromatic rings. The molecule has 1 saturated heterocycles. The number of likely N-dealkylation sites (tertiary alicyclic amines) is 1. The van der Waals surface area contributed by atoms with E-state index in [0.29, 0.717) is 5.56 Å². The normalized spacial score (nSPS) is 19.4. The van der Waals surface area contributed by atoms with Gasteiger partial charge in [0.2, 0.25) is 0 Å². The van der Waals surface area contributed by atoms with Crippen LogP contribution in [0.2, 0.25) is 0 Å². The molecule has 1 N–H and O–H groups in total. The minimum absolute atomic E-state index is 0.122. The van der Waals surface area contributed by atoms with E-state index in [2.05, 4.69) is 4.90 Å². The Morgan fingerprint density at radius 2 is 2.05 bits per heavy atom. The predicted octanol–water partition coefficient (Wildman–Crippen LogP) is 1.16. The van der Waals surface area contributed by atoms with E-state index >= 15 is 0 Å². The summed E-state index contributed by atoms with van der Waals surface area (Å²) < 4.78 is 0. The van der Waals surface area contributed by atoms with E-state index in [4.69, 9.17) is 5.11 Å². The van der Waals surface area contributed by atoms with Crippen molar-refractivity contribution in [1.82, 2.24) is 9.80 Å². The first-order valence-corrected chi connectivity index (χ1v) is 6.28. The largest absolute Gasteiger partial charge is 0.478 e. The third-order valence-corrected chi connectivity index (χ3v) is 3.59. The van der Waals surface area contributed by atoms with Crippen molar-refractivity contribution in [3.8, 4) is 0 Å². The Kier molecular flexibility index (Phi) is 3.85. The molecule has 0 spiro atoms. The van der Waals surface area contributed by atoms with E-state index < -0.39 is 5.97 Å². The number of carboxylic acids is 1. The van der Waals surface area contributed by atoms with Crippen LogP contribution in [0.25, 0.3) is 0 Å². The number of amides is 1. The maximum atomic E-state index is 12.3. The number of aromatic carboxylic acids is 1. The zero-order valence-electron chi connectivity index (χ0n) is 11.2. The molecule has 0 radical (unpaired) electrons. The van der Waals surface area contributed by atoms with E-state index in [1.165, 1.54) is 12.1 Å². The summed E-state index contributed by atoms with van der Waals surface area (Å²) >= 11 is 0. The van der Waals surface area contributed by atoms with Crippen LogP contribution in [0.4, 0.5) is 0 Å². The van der Waals surface area contributed by atoms with E-state index in [-0.39, 0.29) is 17.5 Å². The topological polar surface area (TPSA) is 60.9 Å². The quantitative estimate of drug-likeness (QED) is 0.888. The van der Waals surface area contributed by atoms with Gasteiger partial charge in [-0.1, -0.05) is 6.07 Å². The smallest absolute Gasteiger partial charge is 0.335 e. The van der Waals surface area contributed by atoms with Gasteiger partial charge in [0.25, 0.3) is 5.91 Å². The van der Waals surface area contributed by atoms with Crippen LogP contribution in [-0.2, 0) is 0 Å². The van der Waals surface area contributed by atoms with Gasteiger partial charge in [0.05, 0.1) is 5.56 Å². The fourth-order valence-electron chi connectivity index (χ4n) is 2.38. The first kappa shape index (κ1) is 13.5. The standard InChI is InChI=1S/C14H18N2O3/c1-15-7-6-12(9-15)16(2)13(17)10-4-3-5-11(8-10)14(18)19/h3-5,8,12H,6-7,9H2,1-2H3,(H,18,19)/t12-/m1/s1. The van der Waals surface area contributed by atoms with Gasteiger partial charge in [0, 0.05) is 25.2 Å². The molecule has 1 atom stereocenters. The fraction of sp³-hybridized carbons (Fsp3) is 0.429. The molecule has 5 heteroatoms. The number of rotatable bonds is 3. The summed E-state index contributed by atoms with van der Waals surface area (Å²) in [5.41, 5.74) is 0.569. The molecule has 2 rings (SSSR count). The van der Waals surface area contributed by atoms with Gasteiger partial charge in [-0.15, -0.1) is 0 Å². The van der Waals surface area contributed by atoms with Crippen molar-refractivity contribution in [2.75, 3.05) is 27.2 Å². The fourth-order valence-corrected chi connectivity index (χ4v) is 2.38. The highest BCUT2D eigenvalue weighted by atomic mass is 16.4. The summed E-state index contributed by atoms with van der Waals surface area (Å²) in [5.74, 6) is -1.14. The third kappa shape index (κ3) is 2.93. The lowest BCUT2D eigenvalue weighted by atomic mass is 10.1. The highest BCUT2D eigenvalue weighted by molar-refractivity contribution is 5.97. The van der Waals surface area contributed by atoms with E-state index in [1.54, 1.807) is 24.1 Å². The van der Waals surface area contributed by atoms with Gasteiger partial charge in [0.1, 0.15) is 0 Å². The van der Waals surface area contributed by atoms with Crippen molar-refractivity contribution in [2.45, 2.75) is 12.5 Å². The van der Waals surface area contributed by atoms with Crippen LogP contribution >= 0.6 is 0 Å². The SMILES string of the molecule is CN1CC[C@@H](N(C)C(=O)c2cccc(C(=O)O)c2)C1. The second-order valence-corrected chi connectivity index (χ2v) is 5.01. The number of carboxylic acid groups (broad SMARTS) is 1. The molecular weight excluding hydrogens is 244 g/mol. The summed E-state index contributed by atoms with van der Waals surface area (Å²) in [6, 6.07) is 6.38. The monoisotopic (exact) mass is 262 g/mol. The first-order valence-electron chi connectivity index (χ1n) is 6.28. The van der Waals surface area contributed by atoms with Gasteiger partial charge in [-0.05, 0) is 38.2 Å². The van der Waals surface area contributed by atoms with Gasteiger partial charge in [-0.2, -0.15) is 0 Å². The maximum Gasteiger partial charge on any atom is 0.335 e. The Hall–Kier alpha value is -1.88. The second-order valence-electron chi connectivity index (χ2n) is 5.01. The number of nitrogens with zero attached hydrogens (tertiary/aromatic N) is 2. The Balaban J connectivity index is 2.15. The Morgan fingerprint density at radius 3 is 2.63 bits per heavy atom. The molecule has 102 valence electrons. The van der Waals surface area contributed by atoms with Crippen LogP contribution in [-0.4, -0.2) is 60.0 Å². The van der Waals surface area contributed by atoms with E-state index in [1.807, 2.05) is 7.05 Å². The van der Waals surface area contributed by atoms with Crippen LogP contribution in [0, 0.1) is 0 Å². The molecule has 0 unspecified atom stereocenters. The molecule has 19 heavy (non-hydrogen) atoms. The molecule has 1 aliphatic rings. The summed E-state index contributed by atoms with van der Waals surface area (Å²) in [6.45, 7) is 1.85. The Morgan fingerprint density at radius 1 is 1.37 bits per heavy atom. The molecule has 1 amide bonds. The molecule has 1 aliphatic heterocycles. The van der Waals surface area contributed by atoms with Crippen LogP contribution in [0.5, 0.6) is 0 Å². The zero-order chi connectivity index (χ0) is 14.0. The van der Waals surface area contributed by atoms with Crippen molar-refractivity contribution in [2.24, 2.45) is 0 Å². The van der Waals surface area contributed by atoms with Crippen LogP contribution < -0.4 is 0 Å². The lowest BCUT2D eigenvalue weighted by Crippen LogP contribution is -2.38. The summed E-state index contributed by atoms with van der Waals surface area (Å²) in [7, 11) is 3.81. The van der Waals surface area contributed by atoms with Gasteiger partial charge in [-0.3, -0.25) is 4.79 Å². The lowest BCUT2D eigenvalue weighted by Gasteiger charge is -2.24. The molecule has 1 aromatic carbocycles. The number of carbonyl (C=O) groups is 2. The molecule has 1 heterocycles. The Bertz CT molecular complexity index is 501. The highest BCUT2D eigenvalue weighted by Gasteiger charge is 2.27. The minimum Gasteiger partial charge on any atom is -0.478 e. The lowest BCUT2D eigenvalue weighted by molar-refractivity contribution is 0.0697. The summed E-state index contributed by atoms with van der Waals surface area (Å²) in [6.07, 6.45) is 0.956. The average molecular weight is 262 g/mol. The van der Waals surface area contributed by atoms with E-state index in [9.17, 15) is 9.59 Å². The van der Waals surface area contributed by atoms with E-state index in [0.717, 1.165) is 19.5 Å². The van der Waals surface area contributed by atoms with Crippen LogP contribution in [0.1, 0.15) is 27.1 Å². The van der Waals surface area contributed by atoms with Gasteiger partial charge < -0.3 is 14.9 Å². The first-order chi connectivity index (χ1) is 8.99. The van der Waals surface area contributed by atoms with Gasteiger partial charge in [0.15, 0.2) is 0 Å². The number of hydrogen-bond donors (Lipinski definition) is 1. The highest BCUT2D eigenvalue weighted by Crippen LogP contribution is 2.16. The number of benzene rings is 1. The van der Waals surface area contributed by atoms with Crippen LogP contribution in [0.3, 0.4) is 0 Å². The third-order valence-electron chi connectivity index (χ3n) is 3.59. The number of likely N-dealkylation sites (N-methyl/N-ethyl adjacent to an activating group) is 2. The van der Waals surface area contributed by atoms with Gasteiger partial charge in [-0.25, -0.2) is 4.79 Å². The molecule has 0 aliphatic carbocycles. The molecule has 0 bridgehead atoms. The molecule has 1 fully saturated rings. The van der Waals surface area contributed by atoms with Crippen LogP contribution in [0.15, 0.2) is 24.3 Å². The maximum absolute atomic E-state index is 12.3. The minimum atomic E-state index is -1.02. The number of carbonyl (C=O) groups excluding carboxylic acids is 1. The zero-order valence-corrected chi connectivity index (χ0v) is 11.2. The van der Waals surface area contributed by atoms with Gasteiger partial charge >= 0.3 is 5.97 Å². The molecule has 5 nitrogen and oxygen atoms in total. The number of hydrogen-bond acceptors (Lipinski definition) is 3. The van der Waals surface area contributed by atoms with Crippen molar-refractivity contribution < 1.29 is 14.7 Å². The van der Waals surface area contributed by atoms with Crippen molar-refractivity contribution in [3.63, 3.8) is 0 Å².